The highest BCUT2D eigenvalue weighted by Crippen LogP contribution is 2.11. The van der Waals surface area contributed by atoms with Gasteiger partial charge in [0.25, 0.3) is 0 Å². The fraction of sp³-hybridized carbons (Fsp3) is 0.462. The maximum atomic E-state index is 12.2. The zero-order valence-corrected chi connectivity index (χ0v) is 12.5. The van der Waals surface area contributed by atoms with Gasteiger partial charge in [-0.2, -0.15) is 11.3 Å². The second kappa shape index (κ2) is 6.23. The Labute approximate surface area is 127 Å². The van der Waals surface area contributed by atoms with Crippen LogP contribution < -0.4 is 5.73 Å². The summed E-state index contributed by atoms with van der Waals surface area (Å²) in [6.45, 7) is 4.49. The predicted octanol–water partition coefficient (Wildman–Crippen LogP) is 0.266. The van der Waals surface area contributed by atoms with Crippen LogP contribution in [0.5, 0.6) is 0 Å². The maximum Gasteiger partial charge on any atom is 0.244 e. The molecule has 0 bridgehead atoms. The first kappa shape index (κ1) is 14.0. The number of nitrogens with two attached hydrogens (primary N) is 1. The molecule has 7 nitrogen and oxygen atoms in total. The van der Waals surface area contributed by atoms with Crippen molar-refractivity contribution < 1.29 is 4.79 Å². The molecule has 21 heavy (non-hydrogen) atoms. The van der Waals surface area contributed by atoms with Gasteiger partial charge in [0.1, 0.15) is 12.9 Å². The normalized spacial score (nSPS) is 16.3. The molecule has 0 saturated carbocycles. The molecule has 2 aromatic rings. The number of carbonyl (C=O) groups is 1. The van der Waals surface area contributed by atoms with E-state index in [1.165, 1.54) is 16.6 Å². The van der Waals surface area contributed by atoms with Gasteiger partial charge in [0, 0.05) is 32.7 Å². The third-order valence-corrected chi connectivity index (χ3v) is 4.29. The van der Waals surface area contributed by atoms with E-state index in [-0.39, 0.29) is 18.4 Å². The lowest BCUT2D eigenvalue weighted by Gasteiger charge is -2.34. The van der Waals surface area contributed by atoms with Gasteiger partial charge in [-0.25, -0.2) is 9.67 Å². The van der Waals surface area contributed by atoms with Gasteiger partial charge in [0.2, 0.25) is 11.9 Å². The summed E-state index contributed by atoms with van der Waals surface area (Å²) in [5, 5.41) is 8.21. The fourth-order valence-electron chi connectivity index (χ4n) is 2.42. The standard InChI is InChI=1S/C13H18N6OS/c14-13-15-10-19(16-13)8-12(20)18-4-2-17(3-5-18)7-11-1-6-21-9-11/h1,6,9-10H,2-5,7-8H2,(H2,14,16). The summed E-state index contributed by atoms with van der Waals surface area (Å²) in [4.78, 5) is 20.3. The predicted molar refractivity (Wildman–Crippen MR) is 80.6 cm³/mol. The molecule has 1 saturated heterocycles. The Morgan fingerprint density at radius 1 is 1.33 bits per heavy atom. The van der Waals surface area contributed by atoms with Crippen LogP contribution in [-0.2, 0) is 17.9 Å². The first-order valence-corrected chi connectivity index (χ1v) is 7.81. The van der Waals surface area contributed by atoms with E-state index in [2.05, 4.69) is 31.8 Å². The van der Waals surface area contributed by atoms with Crippen LogP contribution >= 0.6 is 11.3 Å². The summed E-state index contributed by atoms with van der Waals surface area (Å²) in [5.41, 5.74) is 6.79. The average Bonchev–Trinajstić information content (AvgIpc) is 3.12. The minimum absolute atomic E-state index is 0.0649. The van der Waals surface area contributed by atoms with E-state index in [4.69, 9.17) is 5.73 Å². The molecule has 0 spiro atoms. The van der Waals surface area contributed by atoms with Crippen LogP contribution in [0.3, 0.4) is 0 Å². The third-order valence-electron chi connectivity index (χ3n) is 3.56. The van der Waals surface area contributed by atoms with Crippen LogP contribution in [0.1, 0.15) is 5.56 Å². The number of aromatic nitrogens is 3. The summed E-state index contributed by atoms with van der Waals surface area (Å²) in [7, 11) is 0. The highest BCUT2D eigenvalue weighted by Gasteiger charge is 2.21. The largest absolute Gasteiger partial charge is 0.367 e. The number of rotatable bonds is 4. The minimum Gasteiger partial charge on any atom is -0.367 e. The third kappa shape index (κ3) is 3.59. The maximum absolute atomic E-state index is 12.2. The number of hydrogen-bond donors (Lipinski definition) is 1. The SMILES string of the molecule is Nc1ncn(CC(=O)N2CCN(Cc3ccsc3)CC2)n1. The quantitative estimate of drug-likeness (QED) is 0.877. The van der Waals surface area contributed by atoms with Crippen molar-refractivity contribution >= 4 is 23.2 Å². The summed E-state index contributed by atoms with van der Waals surface area (Å²) < 4.78 is 1.48. The number of nitrogens with zero attached hydrogens (tertiary/aromatic N) is 5. The lowest BCUT2D eigenvalue weighted by atomic mass is 10.2. The van der Waals surface area contributed by atoms with E-state index in [0.717, 1.165) is 32.7 Å². The van der Waals surface area contributed by atoms with Crippen molar-refractivity contribution in [3.8, 4) is 0 Å². The molecule has 0 unspecified atom stereocenters. The Morgan fingerprint density at radius 2 is 2.14 bits per heavy atom. The molecule has 1 amide bonds. The summed E-state index contributed by atoms with van der Waals surface area (Å²) in [6, 6.07) is 2.15. The Kier molecular flexibility index (Phi) is 4.16. The molecule has 2 N–H and O–H groups in total. The van der Waals surface area contributed by atoms with Gasteiger partial charge in [-0.15, -0.1) is 5.10 Å². The first-order valence-electron chi connectivity index (χ1n) is 6.87. The minimum atomic E-state index is 0.0649. The smallest absolute Gasteiger partial charge is 0.244 e. The molecule has 2 aromatic heterocycles. The van der Waals surface area contributed by atoms with Gasteiger partial charge in [0.05, 0.1) is 0 Å². The van der Waals surface area contributed by atoms with E-state index in [9.17, 15) is 4.79 Å². The van der Waals surface area contributed by atoms with Crippen LogP contribution in [0.25, 0.3) is 0 Å². The lowest BCUT2D eigenvalue weighted by Crippen LogP contribution is -2.49. The second-order valence-electron chi connectivity index (χ2n) is 5.09. The molecular formula is C13H18N6OS. The van der Waals surface area contributed by atoms with Crippen molar-refractivity contribution in [1.29, 1.82) is 0 Å². The summed E-state index contributed by atoms with van der Waals surface area (Å²) >= 11 is 1.72. The second-order valence-corrected chi connectivity index (χ2v) is 5.87. The zero-order chi connectivity index (χ0) is 14.7. The van der Waals surface area contributed by atoms with Crippen LogP contribution in [0.15, 0.2) is 23.2 Å². The van der Waals surface area contributed by atoms with E-state index >= 15 is 0 Å². The van der Waals surface area contributed by atoms with Gasteiger partial charge in [-0.05, 0) is 22.4 Å². The van der Waals surface area contributed by atoms with E-state index in [1.807, 2.05) is 4.90 Å². The Hall–Kier alpha value is -1.93. The molecule has 112 valence electrons. The number of hydrogen-bond acceptors (Lipinski definition) is 6. The van der Waals surface area contributed by atoms with E-state index in [1.54, 1.807) is 11.3 Å². The van der Waals surface area contributed by atoms with Gasteiger partial charge in [-0.1, -0.05) is 0 Å². The number of thiophene rings is 1. The lowest BCUT2D eigenvalue weighted by molar-refractivity contribution is -0.133. The van der Waals surface area contributed by atoms with E-state index in [0.29, 0.717) is 0 Å². The van der Waals surface area contributed by atoms with Crippen LogP contribution in [0, 0.1) is 0 Å². The molecule has 1 aliphatic heterocycles. The average molecular weight is 306 g/mol. The molecular weight excluding hydrogens is 288 g/mol. The van der Waals surface area contributed by atoms with Crippen LogP contribution in [0.4, 0.5) is 5.95 Å². The molecule has 0 aliphatic carbocycles. The fourth-order valence-corrected chi connectivity index (χ4v) is 3.08. The Balaban J connectivity index is 1.47. The van der Waals surface area contributed by atoms with Gasteiger partial charge >= 0.3 is 0 Å². The highest BCUT2D eigenvalue weighted by molar-refractivity contribution is 7.07. The molecule has 3 rings (SSSR count). The van der Waals surface area contributed by atoms with Gasteiger partial charge in [0.15, 0.2) is 0 Å². The number of anilines is 1. The highest BCUT2D eigenvalue weighted by atomic mass is 32.1. The summed E-state index contributed by atoms with van der Waals surface area (Å²) in [5.74, 6) is 0.262. The number of amides is 1. The van der Waals surface area contributed by atoms with Gasteiger partial charge < -0.3 is 10.6 Å². The molecule has 1 aliphatic rings. The first-order chi connectivity index (χ1) is 10.2. The topological polar surface area (TPSA) is 80.3 Å². The zero-order valence-electron chi connectivity index (χ0n) is 11.7. The number of piperazine rings is 1. The van der Waals surface area contributed by atoms with Crippen molar-refractivity contribution in [3.63, 3.8) is 0 Å². The van der Waals surface area contributed by atoms with Crippen LogP contribution in [-0.4, -0.2) is 56.7 Å². The summed E-state index contributed by atoms with van der Waals surface area (Å²) in [6.07, 6.45) is 1.49. The molecule has 0 atom stereocenters. The Morgan fingerprint density at radius 3 is 2.76 bits per heavy atom. The van der Waals surface area contributed by atoms with Crippen molar-refractivity contribution in [2.24, 2.45) is 0 Å². The number of carbonyl (C=O) groups excluding carboxylic acids is 1. The van der Waals surface area contributed by atoms with Gasteiger partial charge in [-0.3, -0.25) is 9.69 Å². The van der Waals surface area contributed by atoms with Crippen molar-refractivity contribution in [2.45, 2.75) is 13.1 Å². The van der Waals surface area contributed by atoms with Crippen molar-refractivity contribution in [3.05, 3.63) is 28.7 Å². The molecule has 3 heterocycles. The van der Waals surface area contributed by atoms with E-state index < -0.39 is 0 Å². The molecule has 1 fully saturated rings. The number of nitrogen functional groups attached to an aromatic ring is 1. The monoisotopic (exact) mass is 306 g/mol. The van der Waals surface area contributed by atoms with Crippen molar-refractivity contribution in [1.82, 2.24) is 24.6 Å². The molecule has 8 heteroatoms. The van der Waals surface area contributed by atoms with Crippen molar-refractivity contribution in [2.75, 3.05) is 31.9 Å². The molecule has 0 radical (unpaired) electrons. The molecule has 0 aromatic carbocycles. The van der Waals surface area contributed by atoms with Crippen LogP contribution in [0.2, 0.25) is 0 Å². The Bertz CT molecular complexity index is 588.